The average molecular weight is 345 g/mol. The molecular formula is C24H40O. The third-order valence-corrected chi connectivity index (χ3v) is 9.41. The van der Waals surface area contributed by atoms with Gasteiger partial charge in [0.25, 0.3) is 0 Å². The highest BCUT2D eigenvalue weighted by atomic mass is 16.3. The largest absolute Gasteiger partial charge is 0.390 e. The molecule has 4 rings (SSSR count). The van der Waals surface area contributed by atoms with Crippen molar-refractivity contribution in [3.63, 3.8) is 0 Å². The molecule has 142 valence electrons. The monoisotopic (exact) mass is 344 g/mol. The van der Waals surface area contributed by atoms with Gasteiger partial charge in [0.2, 0.25) is 0 Å². The van der Waals surface area contributed by atoms with Gasteiger partial charge in [-0.2, -0.15) is 0 Å². The maximum Gasteiger partial charge on any atom is 0.0650 e. The summed E-state index contributed by atoms with van der Waals surface area (Å²) in [4.78, 5) is 0. The van der Waals surface area contributed by atoms with E-state index in [-0.39, 0.29) is 5.60 Å². The third-order valence-electron chi connectivity index (χ3n) is 9.41. The molecule has 0 amide bonds. The van der Waals surface area contributed by atoms with Crippen molar-refractivity contribution in [2.75, 3.05) is 0 Å². The van der Waals surface area contributed by atoms with Crippen molar-refractivity contribution in [2.45, 2.75) is 97.0 Å². The minimum Gasteiger partial charge on any atom is -0.390 e. The van der Waals surface area contributed by atoms with Gasteiger partial charge in [-0.15, -0.1) is 0 Å². The minimum atomic E-state index is -0.329. The first-order chi connectivity index (χ1) is 11.9. The summed E-state index contributed by atoms with van der Waals surface area (Å²) < 4.78 is 0. The molecule has 0 saturated heterocycles. The van der Waals surface area contributed by atoms with E-state index in [4.69, 9.17) is 0 Å². The molecule has 0 radical (unpaired) electrons. The lowest BCUT2D eigenvalue weighted by atomic mass is 9.48. The Bertz CT molecular complexity index is 524. The fourth-order valence-corrected chi connectivity index (χ4v) is 8.46. The SMILES string of the molecule is C=C(C)[C@H]1CC[C@H]2[C@@H]3CC[C@@H]4C[C@@](O)(CCC)CC[C@@H]4[C@H]3CC[C@]12C. The molecule has 0 heterocycles. The second kappa shape index (κ2) is 6.39. The zero-order chi connectivity index (χ0) is 17.8. The molecule has 0 aliphatic heterocycles. The molecule has 25 heavy (non-hydrogen) atoms. The number of allylic oxidation sites excluding steroid dienone is 1. The summed E-state index contributed by atoms with van der Waals surface area (Å²) >= 11 is 0. The van der Waals surface area contributed by atoms with Gasteiger partial charge in [-0.05, 0) is 112 Å². The Balaban J connectivity index is 1.51. The molecule has 8 atom stereocenters. The van der Waals surface area contributed by atoms with Gasteiger partial charge in [0.1, 0.15) is 0 Å². The summed E-state index contributed by atoms with van der Waals surface area (Å²) in [6.07, 6.45) is 14.2. The number of hydrogen-bond acceptors (Lipinski definition) is 1. The lowest BCUT2D eigenvalue weighted by Gasteiger charge is -2.57. The molecule has 4 aliphatic rings. The van der Waals surface area contributed by atoms with E-state index in [1.165, 1.54) is 50.5 Å². The van der Waals surface area contributed by atoms with E-state index in [0.717, 1.165) is 61.2 Å². The Hall–Kier alpha value is -0.300. The molecule has 0 aromatic rings. The predicted molar refractivity (Wildman–Crippen MR) is 105 cm³/mol. The van der Waals surface area contributed by atoms with E-state index in [1.807, 2.05) is 0 Å². The molecule has 1 nitrogen and oxygen atoms in total. The van der Waals surface area contributed by atoms with Crippen LogP contribution in [0.5, 0.6) is 0 Å². The van der Waals surface area contributed by atoms with E-state index in [1.54, 1.807) is 0 Å². The first-order valence-electron chi connectivity index (χ1n) is 11.3. The third kappa shape index (κ3) is 2.84. The standard InChI is InChI=1S/C24H40O/c1-5-12-24(25)14-11-18-17(15-24)6-7-20-19(18)10-13-23(4)21(16(2)3)8-9-22(20)23/h17-22,25H,2,5-15H2,1,3-4H3/t17-,18+,19-,20-,21-,22+,23-,24-/m1/s1. The van der Waals surface area contributed by atoms with Gasteiger partial charge >= 0.3 is 0 Å². The van der Waals surface area contributed by atoms with E-state index in [9.17, 15) is 5.11 Å². The van der Waals surface area contributed by atoms with Gasteiger partial charge in [-0.1, -0.05) is 32.4 Å². The Morgan fingerprint density at radius 3 is 2.48 bits per heavy atom. The van der Waals surface area contributed by atoms with Gasteiger partial charge in [0.15, 0.2) is 0 Å². The Labute approximate surface area is 155 Å². The highest BCUT2D eigenvalue weighted by Crippen LogP contribution is 2.65. The van der Waals surface area contributed by atoms with Gasteiger partial charge in [0, 0.05) is 0 Å². The summed E-state index contributed by atoms with van der Waals surface area (Å²) in [5, 5.41) is 11.0. The molecule has 0 bridgehead atoms. The number of aliphatic hydroxyl groups is 1. The second-order valence-electron chi connectivity index (χ2n) is 10.7. The first-order valence-corrected chi connectivity index (χ1v) is 11.3. The van der Waals surface area contributed by atoms with Crippen LogP contribution >= 0.6 is 0 Å². The van der Waals surface area contributed by atoms with Crippen LogP contribution in [0.1, 0.15) is 91.4 Å². The quantitative estimate of drug-likeness (QED) is 0.590. The first kappa shape index (κ1) is 18.1. The summed E-state index contributed by atoms with van der Waals surface area (Å²) in [6, 6.07) is 0. The zero-order valence-electron chi connectivity index (χ0n) is 16.9. The number of fused-ring (bicyclic) bond motifs is 5. The Kier molecular flexibility index (Phi) is 4.63. The van der Waals surface area contributed by atoms with Gasteiger partial charge in [-0.3, -0.25) is 0 Å². The molecule has 0 unspecified atom stereocenters. The fraction of sp³-hybridized carbons (Fsp3) is 0.917. The van der Waals surface area contributed by atoms with Crippen LogP contribution in [-0.2, 0) is 0 Å². The van der Waals surface area contributed by atoms with Gasteiger partial charge in [-0.25, -0.2) is 0 Å². The topological polar surface area (TPSA) is 20.2 Å². The number of rotatable bonds is 3. The Morgan fingerprint density at radius 2 is 1.76 bits per heavy atom. The highest BCUT2D eigenvalue weighted by Gasteiger charge is 2.57. The van der Waals surface area contributed by atoms with Crippen LogP contribution < -0.4 is 0 Å². The Morgan fingerprint density at radius 1 is 1.00 bits per heavy atom. The van der Waals surface area contributed by atoms with Crippen LogP contribution in [0.25, 0.3) is 0 Å². The average Bonchev–Trinajstić information content (AvgIpc) is 2.91. The smallest absolute Gasteiger partial charge is 0.0650 e. The second-order valence-corrected chi connectivity index (χ2v) is 10.7. The van der Waals surface area contributed by atoms with E-state index >= 15 is 0 Å². The lowest BCUT2D eigenvalue weighted by Crippen LogP contribution is -2.51. The van der Waals surface area contributed by atoms with Crippen molar-refractivity contribution in [1.29, 1.82) is 0 Å². The maximum atomic E-state index is 11.0. The minimum absolute atomic E-state index is 0.329. The van der Waals surface area contributed by atoms with Crippen LogP contribution in [0, 0.1) is 40.9 Å². The van der Waals surface area contributed by atoms with Crippen LogP contribution in [0.2, 0.25) is 0 Å². The van der Waals surface area contributed by atoms with Crippen molar-refractivity contribution in [3.05, 3.63) is 12.2 Å². The molecule has 0 aromatic heterocycles. The highest BCUT2D eigenvalue weighted by molar-refractivity contribution is 5.14. The zero-order valence-corrected chi connectivity index (χ0v) is 16.9. The molecule has 0 spiro atoms. The van der Waals surface area contributed by atoms with Crippen LogP contribution in [-0.4, -0.2) is 10.7 Å². The summed E-state index contributed by atoms with van der Waals surface area (Å²) in [5.74, 6) is 5.40. The normalized spacial score (nSPS) is 52.2. The summed E-state index contributed by atoms with van der Waals surface area (Å²) in [5.41, 5.74) is 1.65. The van der Waals surface area contributed by atoms with Crippen molar-refractivity contribution < 1.29 is 5.11 Å². The maximum absolute atomic E-state index is 11.0. The van der Waals surface area contributed by atoms with Crippen LogP contribution in [0.15, 0.2) is 12.2 Å². The summed E-state index contributed by atoms with van der Waals surface area (Å²) in [6.45, 7) is 11.5. The lowest BCUT2D eigenvalue weighted by molar-refractivity contribution is -0.106. The molecule has 0 aromatic carbocycles. The van der Waals surface area contributed by atoms with Crippen molar-refractivity contribution in [1.82, 2.24) is 0 Å². The van der Waals surface area contributed by atoms with Crippen LogP contribution in [0.4, 0.5) is 0 Å². The fourth-order valence-electron chi connectivity index (χ4n) is 8.46. The molecule has 4 saturated carbocycles. The molecular weight excluding hydrogens is 304 g/mol. The van der Waals surface area contributed by atoms with Crippen molar-refractivity contribution >= 4 is 0 Å². The number of hydrogen-bond donors (Lipinski definition) is 1. The van der Waals surface area contributed by atoms with Crippen LogP contribution in [0.3, 0.4) is 0 Å². The predicted octanol–water partition coefficient (Wildman–Crippen LogP) is 6.36. The molecule has 4 fully saturated rings. The molecule has 1 heteroatoms. The molecule has 1 N–H and O–H groups in total. The van der Waals surface area contributed by atoms with Gasteiger partial charge < -0.3 is 5.11 Å². The van der Waals surface area contributed by atoms with Crippen molar-refractivity contribution in [2.24, 2.45) is 40.9 Å². The van der Waals surface area contributed by atoms with Crippen molar-refractivity contribution in [3.8, 4) is 0 Å². The summed E-state index contributed by atoms with van der Waals surface area (Å²) in [7, 11) is 0. The van der Waals surface area contributed by atoms with E-state index in [0.29, 0.717) is 5.41 Å². The molecule has 4 aliphatic carbocycles. The van der Waals surface area contributed by atoms with E-state index < -0.39 is 0 Å². The van der Waals surface area contributed by atoms with Gasteiger partial charge in [0.05, 0.1) is 5.60 Å². The van der Waals surface area contributed by atoms with E-state index in [2.05, 4.69) is 27.4 Å².